The van der Waals surface area contributed by atoms with Crippen molar-refractivity contribution in [2.45, 2.75) is 0 Å². The SMILES string of the molecule is CNC(=O)/C(F)=C\NC=O. The first-order chi connectivity index (χ1) is 4.72. The topological polar surface area (TPSA) is 58.2 Å². The number of hydrogen-bond acceptors (Lipinski definition) is 2. The van der Waals surface area contributed by atoms with Gasteiger partial charge in [-0.05, 0) is 0 Å². The molecule has 0 bridgehead atoms. The minimum atomic E-state index is -1.03. The van der Waals surface area contributed by atoms with E-state index in [0.29, 0.717) is 6.20 Å². The third-order valence-corrected chi connectivity index (χ3v) is 0.722. The van der Waals surface area contributed by atoms with Gasteiger partial charge in [-0.15, -0.1) is 0 Å². The Hall–Kier alpha value is -1.39. The summed E-state index contributed by atoms with van der Waals surface area (Å²) < 4.78 is 12.2. The second-order valence-corrected chi connectivity index (χ2v) is 1.36. The molecule has 0 aromatic rings. The zero-order valence-electron chi connectivity index (χ0n) is 5.35. The molecule has 0 fully saturated rings. The van der Waals surface area contributed by atoms with Crippen LogP contribution >= 0.6 is 0 Å². The van der Waals surface area contributed by atoms with Crippen LogP contribution in [0, 0.1) is 0 Å². The third kappa shape index (κ3) is 2.81. The Bertz CT molecular complexity index is 167. The van der Waals surface area contributed by atoms with E-state index >= 15 is 0 Å². The van der Waals surface area contributed by atoms with Crippen LogP contribution in [0.3, 0.4) is 0 Å². The van der Waals surface area contributed by atoms with Crippen LogP contribution in [-0.4, -0.2) is 19.4 Å². The molecular weight excluding hydrogens is 139 g/mol. The summed E-state index contributed by atoms with van der Waals surface area (Å²) in [4.78, 5) is 19.9. The van der Waals surface area contributed by atoms with Crippen molar-refractivity contribution in [3.05, 3.63) is 12.0 Å². The maximum absolute atomic E-state index is 12.2. The summed E-state index contributed by atoms with van der Waals surface area (Å²) in [5.41, 5.74) is 0. The summed E-state index contributed by atoms with van der Waals surface area (Å²) in [6.45, 7) is 0. The van der Waals surface area contributed by atoms with E-state index in [-0.39, 0.29) is 6.41 Å². The van der Waals surface area contributed by atoms with Gasteiger partial charge in [0.2, 0.25) is 12.2 Å². The molecule has 5 heteroatoms. The number of carbonyl (C=O) groups excluding carboxylic acids is 2. The van der Waals surface area contributed by atoms with Gasteiger partial charge in [0.25, 0.3) is 5.91 Å². The van der Waals surface area contributed by atoms with E-state index in [2.05, 4.69) is 0 Å². The minimum Gasteiger partial charge on any atom is -0.353 e. The number of hydrogen-bond donors (Lipinski definition) is 2. The van der Waals surface area contributed by atoms with E-state index in [4.69, 9.17) is 0 Å². The molecule has 10 heavy (non-hydrogen) atoms. The van der Waals surface area contributed by atoms with E-state index in [1.807, 2.05) is 10.6 Å². The van der Waals surface area contributed by atoms with Gasteiger partial charge in [0.15, 0.2) is 0 Å². The van der Waals surface area contributed by atoms with Crippen molar-refractivity contribution in [3.8, 4) is 0 Å². The normalized spacial score (nSPS) is 10.4. The fourth-order valence-corrected chi connectivity index (χ4v) is 0.292. The van der Waals surface area contributed by atoms with Crippen LogP contribution in [0.15, 0.2) is 12.0 Å². The molecule has 0 aliphatic rings. The van der Waals surface area contributed by atoms with Gasteiger partial charge in [0, 0.05) is 13.2 Å². The smallest absolute Gasteiger partial charge is 0.281 e. The zero-order valence-corrected chi connectivity index (χ0v) is 5.35. The van der Waals surface area contributed by atoms with Crippen LogP contribution in [0.2, 0.25) is 0 Å². The lowest BCUT2D eigenvalue weighted by atomic mass is 10.5. The van der Waals surface area contributed by atoms with Crippen molar-refractivity contribution in [1.29, 1.82) is 0 Å². The first-order valence-electron chi connectivity index (χ1n) is 2.49. The van der Waals surface area contributed by atoms with Crippen molar-refractivity contribution < 1.29 is 14.0 Å². The standard InChI is InChI=1S/C5H7FN2O2/c1-7-5(10)4(6)2-8-3-9/h2-3H,1H3,(H,7,10)(H,8,9)/b4-2+. The summed E-state index contributed by atoms with van der Waals surface area (Å²) in [5, 5.41) is 3.92. The lowest BCUT2D eigenvalue weighted by molar-refractivity contribution is -0.118. The summed E-state index contributed by atoms with van der Waals surface area (Å²) in [7, 11) is 1.29. The molecular formula is C5H7FN2O2. The molecule has 0 saturated carbocycles. The maximum Gasteiger partial charge on any atom is 0.281 e. The molecule has 0 unspecified atom stereocenters. The summed E-state index contributed by atoms with van der Waals surface area (Å²) >= 11 is 0. The van der Waals surface area contributed by atoms with Crippen molar-refractivity contribution in [3.63, 3.8) is 0 Å². The van der Waals surface area contributed by atoms with Crippen LogP contribution in [0.4, 0.5) is 4.39 Å². The van der Waals surface area contributed by atoms with E-state index in [1.165, 1.54) is 7.05 Å². The lowest BCUT2D eigenvalue weighted by Gasteiger charge is -1.92. The predicted molar refractivity (Wildman–Crippen MR) is 32.5 cm³/mol. The first-order valence-corrected chi connectivity index (χ1v) is 2.49. The second-order valence-electron chi connectivity index (χ2n) is 1.36. The molecule has 0 saturated heterocycles. The summed E-state index contributed by atoms with van der Waals surface area (Å²) in [6, 6.07) is 0. The fraction of sp³-hybridized carbons (Fsp3) is 0.200. The highest BCUT2D eigenvalue weighted by Gasteiger charge is 2.03. The Kier molecular flexibility index (Phi) is 3.86. The molecule has 0 aromatic heterocycles. The molecule has 2 amide bonds. The summed E-state index contributed by atoms with van der Waals surface area (Å²) in [5.74, 6) is -1.90. The quantitative estimate of drug-likeness (QED) is 0.408. The maximum atomic E-state index is 12.2. The number of rotatable bonds is 3. The van der Waals surface area contributed by atoms with Gasteiger partial charge in [-0.1, -0.05) is 0 Å². The van der Waals surface area contributed by atoms with Crippen molar-refractivity contribution in [2.24, 2.45) is 0 Å². The second kappa shape index (κ2) is 4.49. The van der Waals surface area contributed by atoms with E-state index < -0.39 is 11.7 Å². The van der Waals surface area contributed by atoms with E-state index in [0.717, 1.165) is 0 Å². The number of carbonyl (C=O) groups is 2. The molecule has 4 nitrogen and oxygen atoms in total. The Morgan fingerprint density at radius 3 is 2.60 bits per heavy atom. The van der Waals surface area contributed by atoms with Gasteiger partial charge in [-0.25, -0.2) is 0 Å². The van der Waals surface area contributed by atoms with Crippen LogP contribution in [0.25, 0.3) is 0 Å². The van der Waals surface area contributed by atoms with Gasteiger partial charge in [0.1, 0.15) is 0 Å². The van der Waals surface area contributed by atoms with Crippen LogP contribution < -0.4 is 10.6 Å². The first kappa shape index (κ1) is 8.61. The highest BCUT2D eigenvalue weighted by molar-refractivity contribution is 5.90. The van der Waals surface area contributed by atoms with Crippen molar-refractivity contribution in [2.75, 3.05) is 7.05 Å². The Labute approximate surface area is 57.1 Å². The molecule has 0 aromatic carbocycles. The molecule has 0 aliphatic carbocycles. The predicted octanol–water partition coefficient (Wildman–Crippen LogP) is -0.711. The molecule has 2 N–H and O–H groups in total. The van der Waals surface area contributed by atoms with Crippen molar-refractivity contribution in [1.82, 2.24) is 10.6 Å². The molecule has 0 rings (SSSR count). The molecule has 0 heterocycles. The average Bonchev–Trinajstić information content (AvgIpc) is 1.98. The van der Waals surface area contributed by atoms with Gasteiger partial charge >= 0.3 is 0 Å². The van der Waals surface area contributed by atoms with Gasteiger partial charge in [0.05, 0.1) is 0 Å². The van der Waals surface area contributed by atoms with Crippen LogP contribution in [0.1, 0.15) is 0 Å². The Morgan fingerprint density at radius 1 is 1.60 bits per heavy atom. The number of amides is 2. The van der Waals surface area contributed by atoms with Gasteiger partial charge < -0.3 is 10.6 Å². The molecule has 56 valence electrons. The molecule has 0 atom stereocenters. The Morgan fingerprint density at radius 2 is 2.20 bits per heavy atom. The van der Waals surface area contributed by atoms with Gasteiger partial charge in [-0.2, -0.15) is 4.39 Å². The largest absolute Gasteiger partial charge is 0.353 e. The lowest BCUT2D eigenvalue weighted by Crippen LogP contribution is -2.19. The van der Waals surface area contributed by atoms with Crippen LogP contribution in [0.5, 0.6) is 0 Å². The van der Waals surface area contributed by atoms with E-state index in [1.54, 1.807) is 0 Å². The molecule has 0 radical (unpaired) electrons. The minimum absolute atomic E-state index is 0.266. The number of nitrogens with one attached hydrogen (secondary N) is 2. The molecule has 0 spiro atoms. The fourth-order valence-electron chi connectivity index (χ4n) is 0.292. The van der Waals surface area contributed by atoms with E-state index in [9.17, 15) is 14.0 Å². The third-order valence-electron chi connectivity index (χ3n) is 0.722. The highest BCUT2D eigenvalue weighted by atomic mass is 19.1. The van der Waals surface area contributed by atoms with Crippen LogP contribution in [-0.2, 0) is 9.59 Å². The van der Waals surface area contributed by atoms with Crippen molar-refractivity contribution >= 4 is 12.3 Å². The number of likely N-dealkylation sites (N-methyl/N-ethyl adjacent to an activating group) is 1. The molecule has 0 aliphatic heterocycles. The average molecular weight is 146 g/mol. The van der Waals surface area contributed by atoms with Gasteiger partial charge in [-0.3, -0.25) is 9.59 Å². The Balaban J connectivity index is 3.91. The zero-order chi connectivity index (χ0) is 7.98. The summed E-state index contributed by atoms with van der Waals surface area (Å²) in [6.07, 6.45) is 0.939. The highest BCUT2D eigenvalue weighted by Crippen LogP contribution is 1.91. The monoisotopic (exact) mass is 146 g/mol. The number of halogens is 1.